The van der Waals surface area contributed by atoms with Crippen molar-refractivity contribution in [2.45, 2.75) is 95.9 Å². The fourth-order valence-electron chi connectivity index (χ4n) is 11.1. The van der Waals surface area contributed by atoms with Gasteiger partial charge in [0.1, 0.15) is 0 Å². The van der Waals surface area contributed by atoms with Gasteiger partial charge in [0, 0.05) is 50.3 Å². The zero-order valence-electron chi connectivity index (χ0n) is 38.8. The highest BCUT2D eigenvalue weighted by atomic mass is 15.1. The Labute approximate surface area is 393 Å². The van der Waals surface area contributed by atoms with Crippen LogP contribution < -0.4 is 9.80 Å². The van der Waals surface area contributed by atoms with E-state index >= 15 is 0 Å². The largest absolute Gasteiger partial charge is 0.337 e. The summed E-state index contributed by atoms with van der Waals surface area (Å²) >= 11 is 0. The number of para-hydroxylation sites is 5. The van der Waals surface area contributed by atoms with Gasteiger partial charge in [-0.3, -0.25) is 0 Å². The molecule has 1 saturated carbocycles. The number of hydrogen-bond donors (Lipinski definition) is 0. The number of aromatic nitrogens is 1. The number of nitrogens with zero attached hydrogens (tertiary/aromatic N) is 3. The van der Waals surface area contributed by atoms with Crippen LogP contribution in [-0.2, 0) is 12.0 Å². The molecule has 1 heterocycles. The van der Waals surface area contributed by atoms with Crippen molar-refractivity contribution < 1.29 is 0 Å². The molecule has 1 fully saturated rings. The zero-order valence-corrected chi connectivity index (χ0v) is 38.8. The standard InChI is InChI=1S/C63H63N3/c1-3-5-20-46-63(4-2,52-38-44-58(45-39-52)65(55-25-12-7-13-26-55)56-27-14-8-15-28-56)51-36-42-54(43-37-51)64(53-40-34-49(35-41-53)48-22-10-6-11-23-48)47-50-24-21-32-60-59-31-18-19-33-61(59)66(62(50)60)57-29-16-9-17-30-57/h7-9,12-19,21,24-45,48H,3-6,10-11,20,22-23,46-47H2,1-2H3. The van der Waals surface area contributed by atoms with Crippen LogP contribution >= 0.6 is 0 Å². The van der Waals surface area contributed by atoms with E-state index in [4.69, 9.17) is 0 Å². The fourth-order valence-corrected chi connectivity index (χ4v) is 11.1. The van der Waals surface area contributed by atoms with E-state index in [1.807, 2.05) is 0 Å². The minimum atomic E-state index is -0.120. The van der Waals surface area contributed by atoms with Crippen molar-refractivity contribution in [2.24, 2.45) is 0 Å². The molecule has 3 heteroatoms. The molecular formula is C63H63N3. The summed E-state index contributed by atoms with van der Waals surface area (Å²) in [4.78, 5) is 4.91. The van der Waals surface area contributed by atoms with Gasteiger partial charge >= 0.3 is 0 Å². The van der Waals surface area contributed by atoms with Gasteiger partial charge in [0.15, 0.2) is 0 Å². The summed E-state index contributed by atoms with van der Waals surface area (Å²) < 4.78 is 2.48. The SMILES string of the molecule is CCCCCC(CC)(c1ccc(N(Cc2cccc3c4ccccc4n(-c4ccccc4)c23)c2ccc(C3CCCCC3)cc2)cc1)c1ccc(N(c2ccccc2)c2ccccc2)cc1. The van der Waals surface area contributed by atoms with E-state index < -0.39 is 0 Å². The van der Waals surface area contributed by atoms with E-state index in [-0.39, 0.29) is 5.41 Å². The first kappa shape index (κ1) is 43.1. The highest BCUT2D eigenvalue weighted by Gasteiger charge is 2.33. The molecule has 0 saturated heterocycles. The Balaban J connectivity index is 1.05. The molecule has 9 aromatic rings. The third kappa shape index (κ3) is 8.56. The molecule has 0 spiro atoms. The molecule has 10 rings (SSSR count). The monoisotopic (exact) mass is 862 g/mol. The summed E-state index contributed by atoms with van der Waals surface area (Å²) in [5, 5.41) is 2.57. The summed E-state index contributed by atoms with van der Waals surface area (Å²) in [5.74, 6) is 0.666. The van der Waals surface area contributed by atoms with Crippen LogP contribution in [0, 0.1) is 0 Å². The van der Waals surface area contributed by atoms with Crippen LogP contribution in [0.2, 0.25) is 0 Å². The van der Waals surface area contributed by atoms with E-state index in [1.54, 1.807) is 0 Å². The maximum Gasteiger partial charge on any atom is 0.0591 e. The molecule has 0 amide bonds. The molecule has 0 radical (unpaired) electrons. The second-order valence-corrected chi connectivity index (χ2v) is 18.5. The van der Waals surface area contributed by atoms with Gasteiger partial charge < -0.3 is 14.4 Å². The smallest absolute Gasteiger partial charge is 0.0591 e. The van der Waals surface area contributed by atoms with Crippen LogP contribution in [0.5, 0.6) is 0 Å². The Hall–Kier alpha value is -6.84. The van der Waals surface area contributed by atoms with Gasteiger partial charge in [0.05, 0.1) is 17.6 Å². The number of rotatable bonds is 16. The summed E-state index contributed by atoms with van der Waals surface area (Å²) in [7, 11) is 0. The molecule has 66 heavy (non-hydrogen) atoms. The Morgan fingerprint density at radius 2 is 1.02 bits per heavy atom. The van der Waals surface area contributed by atoms with Crippen molar-refractivity contribution in [1.29, 1.82) is 0 Å². The first-order chi connectivity index (χ1) is 32.6. The van der Waals surface area contributed by atoms with Gasteiger partial charge in [-0.1, -0.05) is 180 Å². The van der Waals surface area contributed by atoms with E-state index in [9.17, 15) is 0 Å². The minimum absolute atomic E-state index is 0.120. The fraction of sp³-hybridized carbons (Fsp3) is 0.238. The molecule has 8 aromatic carbocycles. The predicted molar refractivity (Wildman–Crippen MR) is 282 cm³/mol. The van der Waals surface area contributed by atoms with Gasteiger partial charge in [-0.2, -0.15) is 0 Å². The van der Waals surface area contributed by atoms with E-state index in [1.165, 1.54) is 112 Å². The van der Waals surface area contributed by atoms with Gasteiger partial charge in [-0.25, -0.2) is 0 Å². The summed E-state index contributed by atoms with van der Waals surface area (Å²) in [6.07, 6.45) is 12.4. The molecule has 1 aliphatic carbocycles. The first-order valence-electron chi connectivity index (χ1n) is 24.7. The minimum Gasteiger partial charge on any atom is -0.337 e. The lowest BCUT2D eigenvalue weighted by Gasteiger charge is -2.36. The van der Waals surface area contributed by atoms with Gasteiger partial charge in [-0.15, -0.1) is 0 Å². The molecule has 0 bridgehead atoms. The Morgan fingerprint density at radius 1 is 0.485 bits per heavy atom. The van der Waals surface area contributed by atoms with E-state index in [0.717, 1.165) is 36.4 Å². The molecule has 0 N–H and O–H groups in total. The second kappa shape index (κ2) is 19.7. The van der Waals surface area contributed by atoms with Crippen molar-refractivity contribution >= 4 is 50.2 Å². The highest BCUT2D eigenvalue weighted by Crippen LogP contribution is 2.44. The summed E-state index contributed by atoms with van der Waals surface area (Å²) in [6.45, 7) is 5.44. The Kier molecular flexibility index (Phi) is 12.9. The van der Waals surface area contributed by atoms with Crippen molar-refractivity contribution in [2.75, 3.05) is 9.80 Å². The molecule has 3 nitrogen and oxygen atoms in total. The quantitative estimate of drug-likeness (QED) is 0.0897. The van der Waals surface area contributed by atoms with E-state index in [2.05, 4.69) is 234 Å². The molecule has 1 atom stereocenters. The first-order valence-corrected chi connectivity index (χ1v) is 24.7. The topological polar surface area (TPSA) is 11.4 Å². The number of fused-ring (bicyclic) bond motifs is 3. The van der Waals surface area contributed by atoms with Crippen molar-refractivity contribution in [1.82, 2.24) is 4.57 Å². The average molecular weight is 862 g/mol. The Bertz CT molecular complexity index is 2910. The van der Waals surface area contributed by atoms with Crippen molar-refractivity contribution in [3.8, 4) is 5.69 Å². The second-order valence-electron chi connectivity index (χ2n) is 18.5. The highest BCUT2D eigenvalue weighted by molar-refractivity contribution is 6.10. The molecule has 330 valence electrons. The van der Waals surface area contributed by atoms with E-state index in [0.29, 0.717) is 5.92 Å². The van der Waals surface area contributed by atoms with Gasteiger partial charge in [-0.05, 0) is 133 Å². The lowest BCUT2D eigenvalue weighted by molar-refractivity contribution is 0.431. The maximum absolute atomic E-state index is 2.55. The third-order valence-corrected chi connectivity index (χ3v) is 14.7. The summed E-state index contributed by atoms with van der Waals surface area (Å²) in [5.41, 5.74) is 15.0. The molecule has 0 aliphatic heterocycles. The number of anilines is 5. The van der Waals surface area contributed by atoms with Crippen molar-refractivity contribution in [3.05, 3.63) is 229 Å². The number of unbranched alkanes of at least 4 members (excludes halogenated alkanes) is 2. The molecular weight excluding hydrogens is 799 g/mol. The average Bonchev–Trinajstić information content (AvgIpc) is 3.74. The van der Waals surface area contributed by atoms with Crippen LogP contribution in [0.3, 0.4) is 0 Å². The van der Waals surface area contributed by atoms with Crippen LogP contribution in [0.15, 0.2) is 206 Å². The molecule has 1 aliphatic rings. The van der Waals surface area contributed by atoms with Crippen LogP contribution in [0.25, 0.3) is 27.5 Å². The molecule has 1 aromatic heterocycles. The van der Waals surface area contributed by atoms with Gasteiger partial charge in [0.25, 0.3) is 0 Å². The zero-order chi connectivity index (χ0) is 44.7. The van der Waals surface area contributed by atoms with Crippen LogP contribution in [0.1, 0.15) is 106 Å². The Morgan fingerprint density at radius 3 is 1.62 bits per heavy atom. The van der Waals surface area contributed by atoms with Gasteiger partial charge in [0.2, 0.25) is 0 Å². The lowest BCUT2D eigenvalue weighted by atomic mass is 9.69. The van der Waals surface area contributed by atoms with Crippen LogP contribution in [0.4, 0.5) is 28.4 Å². The predicted octanol–water partition coefficient (Wildman–Crippen LogP) is 17.9. The van der Waals surface area contributed by atoms with Crippen molar-refractivity contribution in [3.63, 3.8) is 0 Å². The number of hydrogen-bond acceptors (Lipinski definition) is 2. The lowest BCUT2D eigenvalue weighted by Crippen LogP contribution is -2.27. The normalized spacial score (nSPS) is 14.0. The maximum atomic E-state index is 2.55. The molecule has 1 unspecified atom stereocenters. The summed E-state index contributed by atoms with van der Waals surface area (Å²) in [6, 6.07) is 76.9. The number of benzene rings is 8. The third-order valence-electron chi connectivity index (χ3n) is 14.7. The van der Waals surface area contributed by atoms with Crippen LogP contribution in [-0.4, -0.2) is 4.57 Å².